The minimum atomic E-state index is -4.80. The number of aryl methyl sites for hydroxylation is 1. The van der Waals surface area contributed by atoms with Gasteiger partial charge in [-0.3, -0.25) is 0 Å². The van der Waals surface area contributed by atoms with Crippen molar-refractivity contribution in [1.82, 2.24) is 0 Å². The highest BCUT2D eigenvalue weighted by Gasteiger charge is 2.15. The molecule has 0 N–H and O–H groups in total. The van der Waals surface area contributed by atoms with Crippen LogP contribution >= 0.6 is 0 Å². The highest BCUT2D eigenvalue weighted by Crippen LogP contribution is 2.17. The zero-order chi connectivity index (χ0) is 9.35. The second-order valence-electron chi connectivity index (χ2n) is 2.35. The molecule has 5 heteroatoms. The van der Waals surface area contributed by atoms with E-state index in [1.165, 1.54) is 13.0 Å². The lowest BCUT2D eigenvalue weighted by Gasteiger charge is -1.99. The van der Waals surface area contributed by atoms with Crippen LogP contribution in [0.15, 0.2) is 23.1 Å². The molecule has 0 fully saturated rings. The van der Waals surface area contributed by atoms with Crippen LogP contribution in [0.3, 0.4) is 0 Å². The molecule has 0 spiro atoms. The van der Waals surface area contributed by atoms with Crippen molar-refractivity contribution >= 4 is 10.2 Å². The molecule has 0 radical (unpaired) electrons. The van der Waals surface area contributed by atoms with Gasteiger partial charge in [0.25, 0.3) is 0 Å². The summed E-state index contributed by atoms with van der Waals surface area (Å²) < 4.78 is 45.6. The van der Waals surface area contributed by atoms with E-state index in [1.54, 1.807) is 0 Å². The highest BCUT2D eigenvalue weighted by molar-refractivity contribution is 7.86. The van der Waals surface area contributed by atoms with Gasteiger partial charge in [-0.25, -0.2) is 4.39 Å². The number of halogens is 2. The van der Waals surface area contributed by atoms with Crippen LogP contribution in [0.25, 0.3) is 0 Å². The summed E-state index contributed by atoms with van der Waals surface area (Å²) >= 11 is 0. The molecule has 0 saturated heterocycles. The van der Waals surface area contributed by atoms with E-state index >= 15 is 0 Å². The molecule has 0 amide bonds. The van der Waals surface area contributed by atoms with Crippen LogP contribution in [-0.4, -0.2) is 8.42 Å². The third-order valence-electron chi connectivity index (χ3n) is 1.41. The molecule has 0 saturated carbocycles. The van der Waals surface area contributed by atoms with E-state index in [-0.39, 0.29) is 5.56 Å². The van der Waals surface area contributed by atoms with Gasteiger partial charge >= 0.3 is 10.2 Å². The van der Waals surface area contributed by atoms with Crippen LogP contribution in [0.2, 0.25) is 0 Å². The number of hydrogen-bond acceptors (Lipinski definition) is 2. The van der Waals surface area contributed by atoms with Gasteiger partial charge in [-0.2, -0.15) is 8.42 Å². The molecule has 1 aromatic rings. The van der Waals surface area contributed by atoms with Crippen LogP contribution in [0, 0.1) is 12.7 Å². The normalized spacial score (nSPS) is 11.6. The maximum absolute atomic E-state index is 12.4. The number of benzene rings is 1. The van der Waals surface area contributed by atoms with Crippen LogP contribution in [-0.2, 0) is 10.2 Å². The van der Waals surface area contributed by atoms with Crippen LogP contribution in [0.5, 0.6) is 0 Å². The summed E-state index contributed by atoms with van der Waals surface area (Å²) in [5.74, 6) is -0.767. The van der Waals surface area contributed by atoms with Crippen molar-refractivity contribution in [2.75, 3.05) is 0 Å². The monoisotopic (exact) mass is 192 g/mol. The SMILES string of the molecule is Cc1ccc(F)cc1S(=O)(=O)F. The molecule has 0 bridgehead atoms. The number of rotatable bonds is 1. The van der Waals surface area contributed by atoms with Gasteiger partial charge in [-0.1, -0.05) is 6.07 Å². The summed E-state index contributed by atoms with van der Waals surface area (Å²) in [5.41, 5.74) is 0.193. The van der Waals surface area contributed by atoms with Crippen molar-refractivity contribution in [2.24, 2.45) is 0 Å². The quantitative estimate of drug-likeness (QED) is 0.636. The minimum absolute atomic E-state index is 0.193. The molecule has 0 aliphatic carbocycles. The Kier molecular flexibility index (Phi) is 2.14. The summed E-state index contributed by atoms with van der Waals surface area (Å²) in [6, 6.07) is 2.94. The van der Waals surface area contributed by atoms with E-state index in [9.17, 15) is 16.7 Å². The van der Waals surface area contributed by atoms with Gasteiger partial charge in [0, 0.05) is 0 Å². The second-order valence-corrected chi connectivity index (χ2v) is 3.66. The van der Waals surface area contributed by atoms with Crippen LogP contribution in [0.1, 0.15) is 5.56 Å². The lowest BCUT2D eigenvalue weighted by Crippen LogP contribution is -1.96. The molecule has 0 aromatic heterocycles. The Morgan fingerprint density at radius 2 is 1.92 bits per heavy atom. The fourth-order valence-corrected chi connectivity index (χ4v) is 1.54. The molecule has 0 aliphatic rings. The van der Waals surface area contributed by atoms with Gasteiger partial charge in [-0.05, 0) is 24.6 Å². The number of hydrogen-bond donors (Lipinski definition) is 0. The van der Waals surface area contributed by atoms with Gasteiger partial charge < -0.3 is 0 Å². The molecule has 0 aliphatic heterocycles. The van der Waals surface area contributed by atoms with Crippen molar-refractivity contribution < 1.29 is 16.7 Å². The molecule has 12 heavy (non-hydrogen) atoms. The molecular weight excluding hydrogens is 186 g/mol. The maximum atomic E-state index is 12.4. The van der Waals surface area contributed by atoms with Gasteiger partial charge in [0.15, 0.2) is 0 Å². The molecule has 1 rings (SSSR count). The lowest BCUT2D eigenvalue weighted by molar-refractivity contribution is 0.548. The first-order valence-electron chi connectivity index (χ1n) is 3.12. The maximum Gasteiger partial charge on any atom is 0.332 e. The first kappa shape index (κ1) is 9.12. The van der Waals surface area contributed by atoms with Crippen molar-refractivity contribution in [3.05, 3.63) is 29.6 Å². The molecule has 0 heterocycles. The molecular formula is C7H6F2O2S. The van der Waals surface area contributed by atoms with Crippen molar-refractivity contribution in [2.45, 2.75) is 11.8 Å². The van der Waals surface area contributed by atoms with E-state index in [4.69, 9.17) is 0 Å². The zero-order valence-corrected chi connectivity index (χ0v) is 7.03. The largest absolute Gasteiger partial charge is 0.332 e. The van der Waals surface area contributed by atoms with Gasteiger partial charge in [0.2, 0.25) is 0 Å². The summed E-state index contributed by atoms with van der Waals surface area (Å²) in [7, 11) is -4.80. The van der Waals surface area contributed by atoms with E-state index in [1.807, 2.05) is 0 Å². The van der Waals surface area contributed by atoms with E-state index in [0.29, 0.717) is 6.07 Å². The van der Waals surface area contributed by atoms with Gasteiger partial charge in [-0.15, -0.1) is 3.89 Å². The summed E-state index contributed by atoms with van der Waals surface area (Å²) in [4.78, 5) is -0.609. The van der Waals surface area contributed by atoms with Crippen molar-refractivity contribution in [3.8, 4) is 0 Å². The molecule has 0 atom stereocenters. The fourth-order valence-electron chi connectivity index (χ4n) is 0.837. The first-order chi connectivity index (χ1) is 5.41. The van der Waals surface area contributed by atoms with Gasteiger partial charge in [0.1, 0.15) is 10.7 Å². The predicted molar refractivity (Wildman–Crippen MR) is 39.4 cm³/mol. The van der Waals surface area contributed by atoms with Crippen molar-refractivity contribution in [3.63, 3.8) is 0 Å². The van der Waals surface area contributed by atoms with E-state index < -0.39 is 20.9 Å². The smallest absolute Gasteiger partial charge is 0.207 e. The minimum Gasteiger partial charge on any atom is -0.207 e. The fraction of sp³-hybridized carbons (Fsp3) is 0.143. The Hall–Kier alpha value is -0.970. The Labute approximate surface area is 69.0 Å². The van der Waals surface area contributed by atoms with Crippen LogP contribution < -0.4 is 0 Å². The summed E-state index contributed by atoms with van der Waals surface area (Å²) in [6.07, 6.45) is 0. The third kappa shape index (κ3) is 1.79. The van der Waals surface area contributed by atoms with Gasteiger partial charge in [0.05, 0.1) is 0 Å². The Bertz CT molecular complexity index is 398. The predicted octanol–water partition coefficient (Wildman–Crippen LogP) is 1.79. The average Bonchev–Trinajstić information content (AvgIpc) is 1.92. The summed E-state index contributed by atoms with van der Waals surface area (Å²) in [5, 5.41) is 0. The second kappa shape index (κ2) is 2.82. The topological polar surface area (TPSA) is 34.1 Å². The molecule has 2 nitrogen and oxygen atoms in total. The summed E-state index contributed by atoms with van der Waals surface area (Å²) in [6.45, 7) is 1.39. The Morgan fingerprint density at radius 3 is 2.33 bits per heavy atom. The standard InChI is InChI=1S/C7H6F2O2S/c1-5-2-3-6(8)4-7(5)12(9,10)11/h2-4H,1H3. The van der Waals surface area contributed by atoms with E-state index in [2.05, 4.69) is 0 Å². The third-order valence-corrected chi connectivity index (χ3v) is 2.38. The Balaban J connectivity index is 3.43. The van der Waals surface area contributed by atoms with E-state index in [0.717, 1.165) is 6.07 Å². The lowest BCUT2D eigenvalue weighted by atomic mass is 10.2. The van der Waals surface area contributed by atoms with Crippen LogP contribution in [0.4, 0.5) is 8.28 Å². The molecule has 66 valence electrons. The van der Waals surface area contributed by atoms with Crippen molar-refractivity contribution in [1.29, 1.82) is 0 Å². The average molecular weight is 192 g/mol. The first-order valence-corrected chi connectivity index (χ1v) is 4.50. The zero-order valence-electron chi connectivity index (χ0n) is 6.21. The Morgan fingerprint density at radius 1 is 1.33 bits per heavy atom. The molecule has 0 unspecified atom stereocenters. The highest BCUT2D eigenvalue weighted by atomic mass is 32.3. The molecule has 1 aromatic carbocycles.